The Morgan fingerprint density at radius 3 is 2.90 bits per heavy atom. The summed E-state index contributed by atoms with van der Waals surface area (Å²) < 4.78 is 2.07. The molecule has 7 nitrogen and oxygen atoms in total. The summed E-state index contributed by atoms with van der Waals surface area (Å²) in [4.78, 5) is 22.4. The molecule has 1 amide bonds. The lowest BCUT2D eigenvalue weighted by Crippen LogP contribution is -2.23. The molecule has 0 saturated heterocycles. The molecule has 0 spiro atoms. The number of nitrogens with zero attached hydrogens (tertiary/aromatic N) is 4. The van der Waals surface area contributed by atoms with Crippen LogP contribution >= 0.6 is 34.4 Å². The number of carbonyl (C=O) groups is 1. The van der Waals surface area contributed by atoms with Crippen molar-refractivity contribution >= 4 is 40.3 Å². The quantitative estimate of drug-likeness (QED) is 0.304. The Balaban J connectivity index is 1.58. The van der Waals surface area contributed by atoms with E-state index in [1.165, 1.54) is 16.9 Å². The molecule has 0 aliphatic heterocycles. The number of carbonyl (C=O) groups excluding carboxylic acids is 1. The van der Waals surface area contributed by atoms with Gasteiger partial charge in [-0.25, -0.2) is 10.5 Å². The highest BCUT2D eigenvalue weighted by atomic mass is 32.2. The first-order chi connectivity index (χ1) is 14.7. The van der Waals surface area contributed by atoms with E-state index in [0.717, 1.165) is 26.6 Å². The first-order valence-electron chi connectivity index (χ1n) is 9.21. The van der Waals surface area contributed by atoms with Crippen LogP contribution in [0.1, 0.15) is 28.0 Å². The van der Waals surface area contributed by atoms with Gasteiger partial charge in [0.25, 0.3) is 5.91 Å². The van der Waals surface area contributed by atoms with Gasteiger partial charge in [0.05, 0.1) is 22.9 Å². The van der Waals surface area contributed by atoms with Gasteiger partial charge in [-0.3, -0.25) is 14.2 Å². The number of thioether (sulfide) groups is 1. The van der Waals surface area contributed by atoms with Crippen molar-refractivity contribution in [3.05, 3.63) is 63.4 Å². The second-order valence-electron chi connectivity index (χ2n) is 6.24. The van der Waals surface area contributed by atoms with Crippen LogP contribution in [-0.2, 0) is 10.6 Å². The highest BCUT2D eigenvalue weighted by molar-refractivity contribution is 7.98. The van der Waals surface area contributed by atoms with E-state index in [2.05, 4.69) is 50.4 Å². The zero-order chi connectivity index (χ0) is 20.9. The minimum atomic E-state index is -0.341. The first kappa shape index (κ1) is 20.7. The maximum absolute atomic E-state index is 12.0. The molecule has 0 unspecified atom stereocenters. The average Bonchev–Trinajstić information content (AvgIpc) is 3.50. The van der Waals surface area contributed by atoms with Gasteiger partial charge in [-0.15, -0.1) is 32.9 Å². The number of rotatable bonds is 8. The number of thiazole rings is 1. The molecule has 1 aromatic carbocycles. The summed E-state index contributed by atoms with van der Waals surface area (Å²) in [5.74, 6) is 1.06. The number of hydrogen-bond donors (Lipinski definition) is 1. The van der Waals surface area contributed by atoms with Gasteiger partial charge in [0, 0.05) is 5.38 Å². The molecule has 0 bridgehead atoms. The topological polar surface area (TPSA) is 81.9 Å². The van der Waals surface area contributed by atoms with Crippen molar-refractivity contribution < 1.29 is 9.63 Å². The average molecular weight is 458 g/mol. The van der Waals surface area contributed by atoms with Gasteiger partial charge >= 0.3 is 0 Å². The maximum Gasteiger partial charge on any atom is 0.294 e. The molecule has 4 aromatic rings. The molecule has 0 atom stereocenters. The van der Waals surface area contributed by atoms with Crippen molar-refractivity contribution in [2.75, 3.05) is 6.61 Å². The third kappa shape index (κ3) is 4.62. The van der Waals surface area contributed by atoms with Gasteiger partial charge in [-0.2, -0.15) is 0 Å². The molecule has 0 fully saturated rings. The summed E-state index contributed by atoms with van der Waals surface area (Å²) in [7, 11) is 0. The summed E-state index contributed by atoms with van der Waals surface area (Å²) in [5.41, 5.74) is 4.90. The van der Waals surface area contributed by atoms with E-state index >= 15 is 0 Å². The molecular weight excluding hydrogens is 438 g/mol. The lowest BCUT2D eigenvalue weighted by atomic mass is 10.2. The summed E-state index contributed by atoms with van der Waals surface area (Å²) in [6.45, 7) is 4.27. The molecule has 4 rings (SSSR count). The van der Waals surface area contributed by atoms with Crippen LogP contribution in [0.15, 0.2) is 52.3 Å². The number of thiophene rings is 1. The maximum atomic E-state index is 12.0. The van der Waals surface area contributed by atoms with Crippen LogP contribution in [0.3, 0.4) is 0 Å². The predicted octanol–water partition coefficient (Wildman–Crippen LogP) is 4.73. The second-order valence-corrected chi connectivity index (χ2v) is 9.07. The lowest BCUT2D eigenvalue weighted by molar-refractivity contribution is 0.0360. The standard InChI is InChI=1S/C20H19N5O2S3/c1-3-27-24-19(26)15-11-29-17(21-15)12-30-20-23-22-18(16-8-5-9-28-16)25(20)14-7-4-6-13(2)10-14/h4-11H,3,12H2,1-2H3,(H,24,26). The fourth-order valence-corrected chi connectivity index (χ4v) is 5.17. The van der Waals surface area contributed by atoms with Crippen molar-refractivity contribution in [1.82, 2.24) is 25.2 Å². The Morgan fingerprint density at radius 2 is 2.13 bits per heavy atom. The molecule has 30 heavy (non-hydrogen) atoms. The molecule has 3 aromatic heterocycles. The van der Waals surface area contributed by atoms with E-state index in [9.17, 15) is 4.79 Å². The minimum Gasteiger partial charge on any atom is -0.274 e. The monoisotopic (exact) mass is 457 g/mol. The van der Waals surface area contributed by atoms with E-state index in [1.807, 2.05) is 23.6 Å². The van der Waals surface area contributed by atoms with Gasteiger partial charge in [0.15, 0.2) is 11.0 Å². The highest BCUT2D eigenvalue weighted by Gasteiger charge is 2.18. The molecule has 0 saturated carbocycles. The van der Waals surface area contributed by atoms with Crippen LogP contribution in [0.25, 0.3) is 16.4 Å². The van der Waals surface area contributed by atoms with Crippen molar-refractivity contribution in [2.45, 2.75) is 24.8 Å². The van der Waals surface area contributed by atoms with E-state index in [1.54, 1.807) is 35.4 Å². The number of benzene rings is 1. The van der Waals surface area contributed by atoms with Gasteiger partial charge < -0.3 is 0 Å². The van der Waals surface area contributed by atoms with Crippen molar-refractivity contribution in [3.63, 3.8) is 0 Å². The Morgan fingerprint density at radius 1 is 1.23 bits per heavy atom. The fourth-order valence-electron chi connectivity index (χ4n) is 2.73. The zero-order valence-corrected chi connectivity index (χ0v) is 18.8. The Hall–Kier alpha value is -2.53. The molecular formula is C20H19N5O2S3. The van der Waals surface area contributed by atoms with E-state index in [4.69, 9.17) is 4.84 Å². The van der Waals surface area contributed by atoms with Crippen molar-refractivity contribution in [1.29, 1.82) is 0 Å². The summed E-state index contributed by atoms with van der Waals surface area (Å²) in [6.07, 6.45) is 0. The van der Waals surface area contributed by atoms with Gasteiger partial charge in [0.2, 0.25) is 0 Å². The number of aryl methyl sites for hydroxylation is 1. The van der Waals surface area contributed by atoms with Gasteiger partial charge in [-0.1, -0.05) is 30.0 Å². The Kier molecular flexibility index (Phi) is 6.58. The Labute approximate surface area is 186 Å². The molecule has 0 radical (unpaired) electrons. The van der Waals surface area contributed by atoms with Crippen LogP contribution in [0.2, 0.25) is 0 Å². The van der Waals surface area contributed by atoms with Crippen LogP contribution in [0, 0.1) is 6.92 Å². The number of aromatic nitrogens is 4. The number of hydrogen-bond acceptors (Lipinski definition) is 8. The molecule has 0 aliphatic rings. The van der Waals surface area contributed by atoms with Gasteiger partial charge in [0.1, 0.15) is 10.7 Å². The summed E-state index contributed by atoms with van der Waals surface area (Å²) in [6, 6.07) is 12.3. The molecule has 1 N–H and O–H groups in total. The normalized spacial score (nSPS) is 11.0. The predicted molar refractivity (Wildman–Crippen MR) is 120 cm³/mol. The van der Waals surface area contributed by atoms with E-state index < -0.39 is 0 Å². The van der Waals surface area contributed by atoms with Crippen LogP contribution in [0.5, 0.6) is 0 Å². The fraction of sp³-hybridized carbons (Fsp3) is 0.200. The summed E-state index contributed by atoms with van der Waals surface area (Å²) >= 11 is 4.61. The van der Waals surface area contributed by atoms with Crippen LogP contribution < -0.4 is 5.48 Å². The molecule has 3 heterocycles. The molecule has 10 heteroatoms. The van der Waals surface area contributed by atoms with Crippen LogP contribution in [0.4, 0.5) is 0 Å². The third-order valence-corrected chi connectivity index (χ3v) is 6.89. The lowest BCUT2D eigenvalue weighted by Gasteiger charge is -2.10. The third-order valence-electron chi connectivity index (χ3n) is 4.05. The van der Waals surface area contributed by atoms with Gasteiger partial charge in [-0.05, 0) is 43.0 Å². The smallest absolute Gasteiger partial charge is 0.274 e. The Bertz CT molecular complexity index is 1140. The minimum absolute atomic E-state index is 0.341. The zero-order valence-electron chi connectivity index (χ0n) is 16.4. The number of nitrogens with one attached hydrogen (secondary N) is 1. The number of amides is 1. The van der Waals surface area contributed by atoms with E-state index in [0.29, 0.717) is 18.1 Å². The molecule has 0 aliphatic carbocycles. The number of hydroxylamine groups is 1. The van der Waals surface area contributed by atoms with Crippen molar-refractivity contribution in [3.8, 4) is 16.4 Å². The highest BCUT2D eigenvalue weighted by Crippen LogP contribution is 2.32. The SMILES string of the molecule is CCONC(=O)c1csc(CSc2nnc(-c3cccs3)n2-c2cccc(C)c2)n1. The summed E-state index contributed by atoms with van der Waals surface area (Å²) in [5, 5.41) is 14.3. The van der Waals surface area contributed by atoms with E-state index in [-0.39, 0.29) is 5.91 Å². The van der Waals surface area contributed by atoms with Crippen molar-refractivity contribution in [2.24, 2.45) is 0 Å². The largest absolute Gasteiger partial charge is 0.294 e. The first-order valence-corrected chi connectivity index (χ1v) is 12.0. The molecule has 154 valence electrons. The second kappa shape index (κ2) is 9.52. The van der Waals surface area contributed by atoms with Crippen LogP contribution in [-0.4, -0.2) is 32.3 Å².